The molecule has 5 nitrogen and oxygen atoms in total. The Morgan fingerprint density at radius 1 is 1.29 bits per heavy atom. The van der Waals surface area contributed by atoms with Crippen LogP contribution >= 0.6 is 0 Å². The monoisotopic (exact) mass is 281 g/mol. The Balaban J connectivity index is 1.86. The number of phenolic OH excluding ortho intramolecular Hbond substituents is 1. The molecule has 0 bridgehead atoms. The largest absolute Gasteiger partial charge is 0.506 e. The van der Waals surface area contributed by atoms with E-state index < -0.39 is 0 Å². The molecule has 1 aliphatic rings. The van der Waals surface area contributed by atoms with Crippen molar-refractivity contribution < 1.29 is 10.2 Å². The number of pyridine rings is 1. The smallest absolute Gasteiger partial charge is 0.141 e. The van der Waals surface area contributed by atoms with Gasteiger partial charge in [-0.25, -0.2) is 0 Å². The third-order valence-electron chi connectivity index (χ3n) is 3.38. The molecule has 3 rings (SSSR count). The average molecular weight is 281 g/mol. The summed E-state index contributed by atoms with van der Waals surface area (Å²) in [7, 11) is 0. The van der Waals surface area contributed by atoms with Crippen molar-refractivity contribution in [3.63, 3.8) is 0 Å². The molecular formula is C16H15N3O2. The van der Waals surface area contributed by atoms with Gasteiger partial charge in [-0.2, -0.15) is 10.2 Å². The van der Waals surface area contributed by atoms with E-state index in [4.69, 9.17) is 5.11 Å². The summed E-state index contributed by atoms with van der Waals surface area (Å²) in [5.74, 6) is 0.137. The zero-order chi connectivity index (χ0) is 14.7. The summed E-state index contributed by atoms with van der Waals surface area (Å²) in [6.45, 7) is 0.0502. The van der Waals surface area contributed by atoms with E-state index in [1.807, 2.05) is 24.3 Å². The summed E-state index contributed by atoms with van der Waals surface area (Å²) < 4.78 is 0. The van der Waals surface area contributed by atoms with Gasteiger partial charge in [-0.1, -0.05) is 18.2 Å². The average Bonchev–Trinajstić information content (AvgIpc) is 2.55. The van der Waals surface area contributed by atoms with Gasteiger partial charge in [0.2, 0.25) is 0 Å². The van der Waals surface area contributed by atoms with Gasteiger partial charge in [-0.15, -0.1) is 0 Å². The van der Waals surface area contributed by atoms with Crippen LogP contribution in [-0.4, -0.2) is 27.8 Å². The van der Waals surface area contributed by atoms with Gasteiger partial charge in [0.1, 0.15) is 11.3 Å². The van der Waals surface area contributed by atoms with Crippen LogP contribution in [0, 0.1) is 0 Å². The molecule has 0 fully saturated rings. The van der Waals surface area contributed by atoms with Gasteiger partial charge < -0.3 is 10.2 Å². The molecule has 0 saturated carbocycles. The van der Waals surface area contributed by atoms with E-state index in [1.165, 1.54) is 0 Å². The molecule has 1 aromatic heterocycles. The fourth-order valence-electron chi connectivity index (χ4n) is 2.22. The highest BCUT2D eigenvalue weighted by Crippen LogP contribution is 2.31. The van der Waals surface area contributed by atoms with Crippen molar-refractivity contribution in [1.29, 1.82) is 0 Å². The van der Waals surface area contributed by atoms with Crippen LogP contribution in [0.25, 0.3) is 10.9 Å². The highest BCUT2D eigenvalue weighted by Gasteiger charge is 2.08. The summed E-state index contributed by atoms with van der Waals surface area (Å²) in [5.41, 5.74) is 2.11. The second kappa shape index (κ2) is 5.85. The number of rotatable bonds is 3. The van der Waals surface area contributed by atoms with Crippen molar-refractivity contribution in [3.8, 4) is 5.75 Å². The van der Waals surface area contributed by atoms with Crippen molar-refractivity contribution >= 4 is 16.6 Å². The van der Waals surface area contributed by atoms with Crippen LogP contribution in [0.4, 0.5) is 5.69 Å². The maximum absolute atomic E-state index is 9.79. The number of nitrogens with zero attached hydrogens (tertiary/aromatic N) is 3. The quantitative estimate of drug-likeness (QED) is 0.847. The lowest BCUT2D eigenvalue weighted by Crippen LogP contribution is -2.03. The van der Waals surface area contributed by atoms with Crippen molar-refractivity contribution in [3.05, 3.63) is 54.3 Å². The highest BCUT2D eigenvalue weighted by atomic mass is 16.3. The number of azo groups is 1. The molecule has 0 amide bonds. The topological polar surface area (TPSA) is 78.1 Å². The Kier molecular flexibility index (Phi) is 3.75. The van der Waals surface area contributed by atoms with Gasteiger partial charge in [0, 0.05) is 11.6 Å². The van der Waals surface area contributed by atoms with Crippen molar-refractivity contribution in [2.75, 3.05) is 6.61 Å². The molecule has 1 heterocycles. The maximum atomic E-state index is 9.79. The van der Waals surface area contributed by atoms with Crippen molar-refractivity contribution in [1.82, 2.24) is 4.98 Å². The number of hydrogen-bond donors (Lipinski definition) is 2. The Morgan fingerprint density at radius 2 is 2.19 bits per heavy atom. The second-order valence-electron chi connectivity index (χ2n) is 4.82. The molecule has 0 saturated heterocycles. The molecule has 2 aromatic rings. The van der Waals surface area contributed by atoms with Crippen LogP contribution in [-0.2, 0) is 0 Å². The molecule has 21 heavy (non-hydrogen) atoms. The molecule has 2 N–H and O–H groups in total. The van der Waals surface area contributed by atoms with Crippen molar-refractivity contribution in [2.45, 2.75) is 12.5 Å². The van der Waals surface area contributed by atoms with E-state index in [2.05, 4.69) is 15.2 Å². The third-order valence-corrected chi connectivity index (χ3v) is 3.38. The first-order valence-electron chi connectivity index (χ1n) is 6.73. The first kappa shape index (κ1) is 13.5. The standard InChI is InChI=1S/C16H15N3O2/c20-10-11-3-5-12(6-4-11)18-19-14-7-8-15(21)16-13(14)2-1-9-17-16/h1-5,7-9,12,20-21H,6,10H2. The number of phenols is 1. The minimum absolute atomic E-state index is 0.0270. The van der Waals surface area contributed by atoms with Crippen LogP contribution in [0.3, 0.4) is 0 Å². The van der Waals surface area contributed by atoms with Crippen LogP contribution in [0.5, 0.6) is 5.75 Å². The number of aromatic nitrogens is 1. The fraction of sp³-hybridized carbons (Fsp3) is 0.188. The number of aliphatic hydroxyl groups is 1. The summed E-state index contributed by atoms with van der Waals surface area (Å²) in [6, 6.07) is 6.93. The van der Waals surface area contributed by atoms with E-state index in [-0.39, 0.29) is 18.4 Å². The van der Waals surface area contributed by atoms with E-state index in [1.54, 1.807) is 24.4 Å². The second-order valence-corrected chi connectivity index (χ2v) is 4.82. The van der Waals surface area contributed by atoms with Gasteiger partial charge in [-0.3, -0.25) is 4.98 Å². The summed E-state index contributed by atoms with van der Waals surface area (Å²) in [6.07, 6.45) is 8.11. The number of aliphatic hydroxyl groups excluding tert-OH is 1. The van der Waals surface area contributed by atoms with Gasteiger partial charge in [0.05, 0.1) is 18.3 Å². The lowest BCUT2D eigenvalue weighted by Gasteiger charge is -2.10. The zero-order valence-electron chi connectivity index (χ0n) is 11.3. The molecule has 5 heteroatoms. The van der Waals surface area contributed by atoms with E-state index >= 15 is 0 Å². The first-order chi connectivity index (χ1) is 10.3. The minimum Gasteiger partial charge on any atom is -0.506 e. The van der Waals surface area contributed by atoms with Gasteiger partial charge >= 0.3 is 0 Å². The van der Waals surface area contributed by atoms with Gasteiger partial charge in [0.15, 0.2) is 0 Å². The SMILES string of the molecule is OCC1=CCC(N=Nc2ccc(O)c3ncccc23)C=C1. The number of fused-ring (bicyclic) bond motifs is 1. The lowest BCUT2D eigenvalue weighted by atomic mass is 10.0. The van der Waals surface area contributed by atoms with Gasteiger partial charge in [-0.05, 0) is 36.3 Å². The van der Waals surface area contributed by atoms with Crippen LogP contribution in [0.15, 0.2) is 64.5 Å². The van der Waals surface area contributed by atoms with Gasteiger partial charge in [0.25, 0.3) is 0 Å². The first-order valence-corrected chi connectivity index (χ1v) is 6.73. The minimum atomic E-state index is -0.0270. The molecule has 0 radical (unpaired) electrons. The molecule has 0 aliphatic heterocycles. The van der Waals surface area contributed by atoms with E-state index in [0.29, 0.717) is 11.2 Å². The Bertz CT molecular complexity index is 750. The van der Waals surface area contributed by atoms with E-state index in [0.717, 1.165) is 17.4 Å². The van der Waals surface area contributed by atoms with E-state index in [9.17, 15) is 5.11 Å². The van der Waals surface area contributed by atoms with Crippen molar-refractivity contribution in [2.24, 2.45) is 10.2 Å². The highest BCUT2D eigenvalue weighted by molar-refractivity contribution is 5.93. The molecule has 1 aliphatic carbocycles. The molecule has 1 aromatic carbocycles. The summed E-state index contributed by atoms with van der Waals surface area (Å²) >= 11 is 0. The molecular weight excluding hydrogens is 266 g/mol. The Labute approximate surface area is 122 Å². The summed E-state index contributed by atoms with van der Waals surface area (Å²) in [5, 5.41) is 28.2. The Hall–Kier alpha value is -2.53. The predicted molar refractivity (Wildman–Crippen MR) is 80.6 cm³/mol. The summed E-state index contributed by atoms with van der Waals surface area (Å²) in [4.78, 5) is 4.15. The van der Waals surface area contributed by atoms with Crippen LogP contribution in [0.1, 0.15) is 6.42 Å². The van der Waals surface area contributed by atoms with Crippen LogP contribution < -0.4 is 0 Å². The third kappa shape index (κ3) is 2.83. The predicted octanol–water partition coefficient (Wildman–Crippen LogP) is 3.27. The number of aromatic hydroxyl groups is 1. The maximum Gasteiger partial charge on any atom is 0.141 e. The molecule has 106 valence electrons. The lowest BCUT2D eigenvalue weighted by molar-refractivity contribution is 0.334. The fourth-order valence-corrected chi connectivity index (χ4v) is 2.22. The van der Waals surface area contributed by atoms with Crippen LogP contribution in [0.2, 0.25) is 0 Å². The zero-order valence-corrected chi connectivity index (χ0v) is 11.3. The number of hydrogen-bond acceptors (Lipinski definition) is 5. The molecule has 0 spiro atoms. The number of benzene rings is 1. The molecule has 1 atom stereocenters. The normalized spacial score (nSPS) is 18.3. The Morgan fingerprint density at radius 3 is 2.95 bits per heavy atom. The molecule has 1 unspecified atom stereocenters.